The van der Waals surface area contributed by atoms with E-state index < -0.39 is 0 Å². The Balaban J connectivity index is 1.72. The summed E-state index contributed by atoms with van der Waals surface area (Å²) in [6, 6.07) is 1.17. The van der Waals surface area contributed by atoms with Crippen LogP contribution in [0.5, 0.6) is 0 Å². The Hall–Kier alpha value is -0.440. The number of unbranched alkanes of at least 4 members (excludes halogenated alkanes) is 2. The largest absolute Gasteiger partial charge is 0.311 e. The fraction of sp³-hybridized carbons (Fsp3) is 0.929. The zero-order valence-corrected chi connectivity index (χ0v) is 10.6. The van der Waals surface area contributed by atoms with Crippen molar-refractivity contribution < 1.29 is 9.18 Å². The van der Waals surface area contributed by atoms with Crippen LogP contribution in [-0.2, 0) is 4.79 Å². The van der Waals surface area contributed by atoms with Gasteiger partial charge in [-0.25, -0.2) is 0 Å². The molecule has 0 saturated carbocycles. The molecule has 0 aromatic heterocycles. The summed E-state index contributed by atoms with van der Waals surface area (Å²) in [5.41, 5.74) is 0. The molecular weight excluding hydrogens is 217 g/mol. The van der Waals surface area contributed by atoms with E-state index in [0.29, 0.717) is 30.7 Å². The number of ketones is 1. The van der Waals surface area contributed by atoms with Crippen LogP contribution in [0.15, 0.2) is 0 Å². The second-order valence-electron chi connectivity index (χ2n) is 5.63. The third kappa shape index (κ3) is 3.77. The van der Waals surface area contributed by atoms with Gasteiger partial charge in [-0.2, -0.15) is 0 Å². The van der Waals surface area contributed by atoms with Gasteiger partial charge in [0.05, 0.1) is 6.67 Å². The summed E-state index contributed by atoms with van der Waals surface area (Å²) in [4.78, 5) is 12.1. The number of hydrogen-bond acceptors (Lipinski definition) is 2. The summed E-state index contributed by atoms with van der Waals surface area (Å²) < 4.78 is 11.9. The van der Waals surface area contributed by atoms with E-state index in [4.69, 9.17) is 0 Å². The summed E-state index contributed by atoms with van der Waals surface area (Å²) in [5, 5.41) is 3.61. The molecule has 2 heterocycles. The standard InChI is InChI=1S/C14H24FNO/c15-8-3-1-2-7-14(17)11-9-12-5-4-6-13(10-11)16-12/h11-13,16H,1-10H2. The molecular formula is C14H24FNO. The van der Waals surface area contributed by atoms with Gasteiger partial charge in [0.2, 0.25) is 0 Å². The molecule has 2 fully saturated rings. The lowest BCUT2D eigenvalue weighted by atomic mass is 9.77. The van der Waals surface area contributed by atoms with E-state index in [-0.39, 0.29) is 12.6 Å². The minimum atomic E-state index is -0.244. The molecule has 2 unspecified atom stereocenters. The first-order valence-corrected chi connectivity index (χ1v) is 7.14. The highest BCUT2D eigenvalue weighted by Gasteiger charge is 2.33. The number of carbonyl (C=O) groups is 1. The Morgan fingerprint density at radius 1 is 1.12 bits per heavy atom. The van der Waals surface area contributed by atoms with E-state index in [0.717, 1.165) is 25.7 Å². The molecule has 17 heavy (non-hydrogen) atoms. The zero-order valence-electron chi connectivity index (χ0n) is 10.6. The lowest BCUT2D eigenvalue weighted by Crippen LogP contribution is -2.50. The van der Waals surface area contributed by atoms with Gasteiger partial charge in [0.1, 0.15) is 5.78 Å². The maximum Gasteiger partial charge on any atom is 0.136 e. The minimum Gasteiger partial charge on any atom is -0.311 e. The molecule has 2 atom stereocenters. The third-order valence-electron chi connectivity index (χ3n) is 4.23. The topological polar surface area (TPSA) is 29.1 Å². The third-order valence-corrected chi connectivity index (χ3v) is 4.23. The Morgan fingerprint density at radius 2 is 1.82 bits per heavy atom. The Labute approximate surface area is 103 Å². The molecule has 0 radical (unpaired) electrons. The zero-order chi connectivity index (χ0) is 12.1. The van der Waals surface area contributed by atoms with Gasteiger partial charge < -0.3 is 5.32 Å². The second-order valence-corrected chi connectivity index (χ2v) is 5.63. The van der Waals surface area contributed by atoms with Crippen LogP contribution in [0.25, 0.3) is 0 Å². The van der Waals surface area contributed by atoms with Gasteiger partial charge in [-0.1, -0.05) is 12.8 Å². The maximum absolute atomic E-state index is 12.1. The molecule has 98 valence electrons. The number of alkyl halides is 1. The molecule has 0 spiro atoms. The van der Waals surface area contributed by atoms with Crippen LogP contribution in [0.3, 0.4) is 0 Å². The molecule has 1 N–H and O–H groups in total. The number of piperidine rings is 2. The normalized spacial score (nSPS) is 32.4. The van der Waals surface area contributed by atoms with Crippen molar-refractivity contribution in [2.24, 2.45) is 5.92 Å². The number of hydrogen-bond donors (Lipinski definition) is 1. The Morgan fingerprint density at radius 3 is 2.47 bits per heavy atom. The first-order chi connectivity index (χ1) is 8.29. The molecule has 2 aliphatic heterocycles. The molecule has 2 rings (SSSR count). The molecule has 0 aliphatic carbocycles. The van der Waals surface area contributed by atoms with E-state index in [2.05, 4.69) is 5.32 Å². The van der Waals surface area contributed by atoms with Crippen molar-refractivity contribution in [3.05, 3.63) is 0 Å². The van der Waals surface area contributed by atoms with E-state index >= 15 is 0 Å². The molecule has 2 bridgehead atoms. The Kier molecular flexibility index (Phi) is 4.96. The number of halogens is 1. The predicted octanol–water partition coefficient (Wildman–Crippen LogP) is 3.01. The first kappa shape index (κ1) is 13.0. The summed E-state index contributed by atoms with van der Waals surface area (Å²) >= 11 is 0. The minimum absolute atomic E-state index is 0.244. The van der Waals surface area contributed by atoms with Gasteiger partial charge in [-0.15, -0.1) is 0 Å². The van der Waals surface area contributed by atoms with Crippen LogP contribution < -0.4 is 5.32 Å². The van der Waals surface area contributed by atoms with Crippen LogP contribution in [-0.4, -0.2) is 24.5 Å². The summed E-state index contributed by atoms with van der Waals surface area (Å²) in [6.07, 6.45) is 8.90. The molecule has 2 nitrogen and oxygen atoms in total. The summed E-state index contributed by atoms with van der Waals surface area (Å²) in [7, 11) is 0. The lowest BCUT2D eigenvalue weighted by molar-refractivity contribution is -0.124. The van der Waals surface area contributed by atoms with Gasteiger partial charge in [0, 0.05) is 24.4 Å². The van der Waals surface area contributed by atoms with Crippen molar-refractivity contribution in [1.82, 2.24) is 5.32 Å². The van der Waals surface area contributed by atoms with E-state index in [1.807, 2.05) is 0 Å². The number of fused-ring (bicyclic) bond motifs is 2. The van der Waals surface area contributed by atoms with Crippen LogP contribution in [0.1, 0.15) is 57.8 Å². The van der Waals surface area contributed by atoms with Crippen LogP contribution >= 0.6 is 0 Å². The molecule has 2 saturated heterocycles. The van der Waals surface area contributed by atoms with Crippen molar-refractivity contribution in [2.45, 2.75) is 69.9 Å². The first-order valence-electron chi connectivity index (χ1n) is 7.14. The fourth-order valence-electron chi connectivity index (χ4n) is 3.30. The van der Waals surface area contributed by atoms with E-state index in [1.54, 1.807) is 0 Å². The number of carbonyl (C=O) groups excluding carboxylic acids is 1. The quantitative estimate of drug-likeness (QED) is 0.724. The highest BCUT2D eigenvalue weighted by molar-refractivity contribution is 5.81. The van der Waals surface area contributed by atoms with Gasteiger partial charge in [-0.05, 0) is 38.5 Å². The number of Topliss-reactive ketones (excluding diaryl/α,β-unsaturated/α-hetero) is 1. The van der Waals surface area contributed by atoms with Crippen LogP contribution in [0.4, 0.5) is 4.39 Å². The highest BCUT2D eigenvalue weighted by atomic mass is 19.1. The second kappa shape index (κ2) is 6.48. The van der Waals surface area contributed by atoms with Gasteiger partial charge >= 0.3 is 0 Å². The monoisotopic (exact) mass is 241 g/mol. The maximum atomic E-state index is 12.1. The van der Waals surface area contributed by atoms with Gasteiger partial charge in [0.25, 0.3) is 0 Å². The van der Waals surface area contributed by atoms with Crippen molar-refractivity contribution in [1.29, 1.82) is 0 Å². The summed E-state index contributed by atoms with van der Waals surface area (Å²) in [6.45, 7) is -0.244. The molecule has 0 aromatic carbocycles. The fourth-order valence-corrected chi connectivity index (χ4v) is 3.30. The van der Waals surface area contributed by atoms with Crippen molar-refractivity contribution in [2.75, 3.05) is 6.67 Å². The highest BCUT2D eigenvalue weighted by Crippen LogP contribution is 2.31. The van der Waals surface area contributed by atoms with Crippen molar-refractivity contribution in [3.63, 3.8) is 0 Å². The van der Waals surface area contributed by atoms with Crippen molar-refractivity contribution in [3.8, 4) is 0 Å². The van der Waals surface area contributed by atoms with Gasteiger partial charge in [-0.3, -0.25) is 9.18 Å². The predicted molar refractivity (Wildman–Crippen MR) is 66.7 cm³/mol. The molecule has 0 aromatic rings. The average molecular weight is 241 g/mol. The number of rotatable bonds is 6. The lowest BCUT2D eigenvalue weighted by Gasteiger charge is -2.39. The molecule has 2 aliphatic rings. The van der Waals surface area contributed by atoms with Crippen LogP contribution in [0, 0.1) is 5.92 Å². The van der Waals surface area contributed by atoms with Crippen LogP contribution in [0.2, 0.25) is 0 Å². The summed E-state index contributed by atoms with van der Waals surface area (Å²) in [5.74, 6) is 0.721. The SMILES string of the molecule is O=C(CCCCCF)C1CC2CCCC(C1)N2. The Bertz CT molecular complexity index is 245. The molecule has 3 heteroatoms. The molecule has 0 amide bonds. The van der Waals surface area contributed by atoms with E-state index in [9.17, 15) is 9.18 Å². The smallest absolute Gasteiger partial charge is 0.136 e. The number of nitrogens with one attached hydrogen (secondary N) is 1. The van der Waals surface area contributed by atoms with Crippen molar-refractivity contribution >= 4 is 5.78 Å². The average Bonchev–Trinajstić information content (AvgIpc) is 2.34. The van der Waals surface area contributed by atoms with Gasteiger partial charge in [0.15, 0.2) is 0 Å². The van der Waals surface area contributed by atoms with E-state index in [1.165, 1.54) is 19.3 Å².